The Morgan fingerprint density at radius 3 is 3.00 bits per heavy atom. The Balaban J connectivity index is 2.08. The SMILES string of the molecule is Cc1cc(C(=O)N2CCCC(CCBr)C2)ccc1O. The van der Waals surface area contributed by atoms with E-state index in [0.717, 1.165) is 36.8 Å². The fourth-order valence-corrected chi connectivity index (χ4v) is 3.26. The molecule has 1 aromatic carbocycles. The highest BCUT2D eigenvalue weighted by Gasteiger charge is 2.24. The number of carbonyl (C=O) groups is 1. The van der Waals surface area contributed by atoms with Crippen LogP contribution in [0.15, 0.2) is 18.2 Å². The molecule has 0 saturated carbocycles. The second-order valence-corrected chi connectivity index (χ2v) is 6.03. The van der Waals surface area contributed by atoms with Gasteiger partial charge in [0.25, 0.3) is 5.91 Å². The molecular weight excluding hydrogens is 306 g/mol. The van der Waals surface area contributed by atoms with Crippen molar-refractivity contribution in [2.75, 3.05) is 18.4 Å². The number of benzene rings is 1. The minimum absolute atomic E-state index is 0.0855. The first kappa shape index (κ1) is 14.4. The average Bonchev–Trinajstić information content (AvgIpc) is 2.42. The standard InChI is InChI=1S/C15H20BrNO2/c1-11-9-13(4-5-14(11)18)15(19)17-8-2-3-12(10-17)6-7-16/h4-5,9,12,18H,2-3,6-8,10H2,1H3. The number of halogens is 1. The van der Waals surface area contributed by atoms with E-state index in [-0.39, 0.29) is 11.7 Å². The summed E-state index contributed by atoms with van der Waals surface area (Å²) in [6.45, 7) is 3.51. The van der Waals surface area contributed by atoms with Crippen LogP contribution in [0.4, 0.5) is 0 Å². The Kier molecular flexibility index (Phi) is 4.86. The summed E-state index contributed by atoms with van der Waals surface area (Å²) in [7, 11) is 0. The van der Waals surface area contributed by atoms with Crippen molar-refractivity contribution in [3.05, 3.63) is 29.3 Å². The van der Waals surface area contributed by atoms with E-state index in [1.54, 1.807) is 18.2 Å². The first-order valence-electron chi connectivity index (χ1n) is 6.76. The van der Waals surface area contributed by atoms with Gasteiger partial charge < -0.3 is 10.0 Å². The van der Waals surface area contributed by atoms with E-state index < -0.39 is 0 Å². The number of piperidine rings is 1. The number of aryl methyl sites for hydroxylation is 1. The van der Waals surface area contributed by atoms with Crippen LogP contribution in [0.5, 0.6) is 5.75 Å². The number of nitrogens with zero attached hydrogens (tertiary/aromatic N) is 1. The predicted molar refractivity (Wildman–Crippen MR) is 79.9 cm³/mol. The van der Waals surface area contributed by atoms with Crippen LogP contribution in [-0.4, -0.2) is 34.3 Å². The van der Waals surface area contributed by atoms with E-state index in [1.807, 2.05) is 11.8 Å². The lowest BCUT2D eigenvalue weighted by atomic mass is 9.95. The lowest BCUT2D eigenvalue weighted by molar-refractivity contribution is 0.0672. The zero-order valence-electron chi connectivity index (χ0n) is 11.2. The van der Waals surface area contributed by atoms with Crippen LogP contribution in [0.2, 0.25) is 0 Å². The number of phenolic OH excluding ortho intramolecular Hbond substituents is 1. The highest BCUT2D eigenvalue weighted by Crippen LogP contribution is 2.23. The molecule has 1 N–H and O–H groups in total. The van der Waals surface area contributed by atoms with E-state index in [2.05, 4.69) is 15.9 Å². The van der Waals surface area contributed by atoms with Gasteiger partial charge in [0.1, 0.15) is 5.75 Å². The molecular formula is C15H20BrNO2. The van der Waals surface area contributed by atoms with Crippen LogP contribution >= 0.6 is 15.9 Å². The minimum Gasteiger partial charge on any atom is -0.508 e. The molecule has 0 bridgehead atoms. The van der Waals surface area contributed by atoms with E-state index >= 15 is 0 Å². The van der Waals surface area contributed by atoms with Gasteiger partial charge in [-0.25, -0.2) is 0 Å². The number of hydrogen-bond donors (Lipinski definition) is 1. The first-order chi connectivity index (χ1) is 9.11. The van der Waals surface area contributed by atoms with E-state index in [1.165, 1.54) is 6.42 Å². The predicted octanol–water partition coefficient (Wildman–Crippen LogP) is 3.34. The van der Waals surface area contributed by atoms with Crippen molar-refractivity contribution in [1.29, 1.82) is 0 Å². The Bertz CT molecular complexity index is 459. The van der Waals surface area contributed by atoms with Crippen LogP contribution in [0.3, 0.4) is 0 Å². The largest absolute Gasteiger partial charge is 0.508 e. The smallest absolute Gasteiger partial charge is 0.253 e. The maximum absolute atomic E-state index is 12.4. The molecule has 1 fully saturated rings. The van der Waals surface area contributed by atoms with Crippen LogP contribution in [0.25, 0.3) is 0 Å². The summed E-state index contributed by atoms with van der Waals surface area (Å²) in [5.41, 5.74) is 1.43. The molecule has 1 aromatic rings. The molecule has 1 amide bonds. The van der Waals surface area contributed by atoms with Crippen LogP contribution in [-0.2, 0) is 0 Å². The van der Waals surface area contributed by atoms with E-state index in [4.69, 9.17) is 0 Å². The first-order valence-corrected chi connectivity index (χ1v) is 7.89. The molecule has 2 rings (SSSR count). The minimum atomic E-state index is 0.0855. The summed E-state index contributed by atoms with van der Waals surface area (Å²) < 4.78 is 0. The van der Waals surface area contributed by atoms with Gasteiger partial charge in [-0.1, -0.05) is 15.9 Å². The molecule has 104 valence electrons. The molecule has 4 heteroatoms. The molecule has 1 aliphatic heterocycles. The van der Waals surface area contributed by atoms with Gasteiger partial charge in [0, 0.05) is 24.0 Å². The zero-order valence-corrected chi connectivity index (χ0v) is 12.8. The summed E-state index contributed by atoms with van der Waals surface area (Å²) in [6, 6.07) is 5.08. The summed E-state index contributed by atoms with van der Waals surface area (Å²) in [5.74, 6) is 0.935. The number of alkyl halides is 1. The number of likely N-dealkylation sites (tertiary alicyclic amines) is 1. The van der Waals surface area contributed by atoms with Gasteiger partial charge in [0.15, 0.2) is 0 Å². The quantitative estimate of drug-likeness (QED) is 0.866. The summed E-state index contributed by atoms with van der Waals surface area (Å²) in [6.07, 6.45) is 3.42. The number of phenols is 1. The fourth-order valence-electron chi connectivity index (χ4n) is 2.61. The van der Waals surface area contributed by atoms with Crippen molar-refractivity contribution in [2.24, 2.45) is 5.92 Å². The molecule has 1 aliphatic rings. The van der Waals surface area contributed by atoms with Gasteiger partial charge in [-0.15, -0.1) is 0 Å². The molecule has 19 heavy (non-hydrogen) atoms. The van der Waals surface area contributed by atoms with Crippen molar-refractivity contribution in [3.8, 4) is 5.75 Å². The maximum Gasteiger partial charge on any atom is 0.253 e. The maximum atomic E-state index is 12.4. The van der Waals surface area contributed by atoms with Crippen LogP contribution < -0.4 is 0 Å². The van der Waals surface area contributed by atoms with Crippen molar-refractivity contribution in [2.45, 2.75) is 26.2 Å². The van der Waals surface area contributed by atoms with Gasteiger partial charge in [-0.05, 0) is 55.9 Å². The molecule has 1 unspecified atom stereocenters. The Morgan fingerprint density at radius 2 is 2.32 bits per heavy atom. The molecule has 0 spiro atoms. The lowest BCUT2D eigenvalue weighted by Crippen LogP contribution is -2.40. The van der Waals surface area contributed by atoms with Crippen LogP contribution in [0.1, 0.15) is 35.2 Å². The molecule has 0 aliphatic carbocycles. The van der Waals surface area contributed by atoms with Gasteiger partial charge in [-0.2, -0.15) is 0 Å². The van der Waals surface area contributed by atoms with Crippen molar-refractivity contribution in [1.82, 2.24) is 4.90 Å². The summed E-state index contributed by atoms with van der Waals surface area (Å²) >= 11 is 3.47. The third-order valence-electron chi connectivity index (χ3n) is 3.77. The van der Waals surface area contributed by atoms with Crippen molar-refractivity contribution in [3.63, 3.8) is 0 Å². The zero-order chi connectivity index (χ0) is 13.8. The van der Waals surface area contributed by atoms with E-state index in [9.17, 15) is 9.90 Å². The average molecular weight is 326 g/mol. The van der Waals surface area contributed by atoms with Gasteiger partial charge in [-0.3, -0.25) is 4.79 Å². The molecule has 3 nitrogen and oxygen atoms in total. The monoisotopic (exact) mass is 325 g/mol. The Hall–Kier alpha value is -1.03. The van der Waals surface area contributed by atoms with Crippen LogP contribution in [0, 0.1) is 12.8 Å². The molecule has 1 saturated heterocycles. The molecule has 0 aromatic heterocycles. The van der Waals surface area contributed by atoms with Gasteiger partial charge in [0.05, 0.1) is 0 Å². The third-order valence-corrected chi connectivity index (χ3v) is 4.23. The van der Waals surface area contributed by atoms with Crippen molar-refractivity contribution < 1.29 is 9.90 Å². The van der Waals surface area contributed by atoms with E-state index in [0.29, 0.717) is 11.5 Å². The summed E-state index contributed by atoms with van der Waals surface area (Å²) in [5, 5.41) is 10.5. The number of rotatable bonds is 3. The Morgan fingerprint density at radius 1 is 1.53 bits per heavy atom. The topological polar surface area (TPSA) is 40.5 Å². The molecule has 0 radical (unpaired) electrons. The molecule has 1 atom stereocenters. The Labute approximate surface area is 122 Å². The van der Waals surface area contributed by atoms with Gasteiger partial charge >= 0.3 is 0 Å². The fraction of sp³-hybridized carbons (Fsp3) is 0.533. The number of carbonyl (C=O) groups excluding carboxylic acids is 1. The second kappa shape index (κ2) is 6.42. The number of amides is 1. The highest BCUT2D eigenvalue weighted by molar-refractivity contribution is 9.09. The lowest BCUT2D eigenvalue weighted by Gasteiger charge is -2.32. The third kappa shape index (κ3) is 3.50. The van der Waals surface area contributed by atoms with Gasteiger partial charge in [0.2, 0.25) is 0 Å². The van der Waals surface area contributed by atoms with Crippen molar-refractivity contribution >= 4 is 21.8 Å². The highest BCUT2D eigenvalue weighted by atomic mass is 79.9. The molecule has 1 heterocycles. The normalized spacial score (nSPS) is 19.5. The number of hydrogen-bond acceptors (Lipinski definition) is 2. The summed E-state index contributed by atoms with van der Waals surface area (Å²) in [4.78, 5) is 14.4. The second-order valence-electron chi connectivity index (χ2n) is 5.24. The number of aromatic hydroxyl groups is 1.